The topological polar surface area (TPSA) is 124 Å². The number of benzene rings is 2. The van der Waals surface area contributed by atoms with E-state index in [1.165, 1.54) is 30.8 Å². The summed E-state index contributed by atoms with van der Waals surface area (Å²) in [4.78, 5) is 41.0. The van der Waals surface area contributed by atoms with Gasteiger partial charge in [0.15, 0.2) is 0 Å². The molecule has 2 aromatic heterocycles. The minimum absolute atomic E-state index is 0.0472. The van der Waals surface area contributed by atoms with Crippen LogP contribution in [0, 0.1) is 16.3 Å². The number of hydrogen-bond acceptors (Lipinski definition) is 6. The molecule has 0 saturated heterocycles. The molecular weight excluding hydrogens is 640 g/mol. The van der Waals surface area contributed by atoms with Crippen molar-refractivity contribution in [3.8, 4) is 5.69 Å². The van der Waals surface area contributed by atoms with Crippen molar-refractivity contribution in [3.05, 3.63) is 94.2 Å². The second kappa shape index (κ2) is 10.0. The van der Waals surface area contributed by atoms with Gasteiger partial charge in [-0.15, -0.1) is 0 Å². The maximum atomic E-state index is 15.3. The fourth-order valence-electron chi connectivity index (χ4n) is 4.66. The van der Waals surface area contributed by atoms with Crippen LogP contribution in [0.25, 0.3) is 16.7 Å². The van der Waals surface area contributed by atoms with E-state index in [1.54, 1.807) is 37.3 Å². The molecule has 0 aliphatic heterocycles. The van der Waals surface area contributed by atoms with Crippen molar-refractivity contribution < 1.29 is 12.8 Å². The molecule has 0 atom stereocenters. The van der Waals surface area contributed by atoms with Crippen molar-refractivity contribution >= 4 is 55.0 Å². The Kier molecular flexibility index (Phi) is 7.01. The number of rotatable bonds is 7. The highest BCUT2D eigenvalue weighted by Crippen LogP contribution is 2.34. The van der Waals surface area contributed by atoms with Crippen LogP contribution < -0.4 is 26.8 Å². The molecule has 1 saturated carbocycles. The van der Waals surface area contributed by atoms with Gasteiger partial charge in [0.05, 0.1) is 17.1 Å². The van der Waals surface area contributed by atoms with Gasteiger partial charge in [0.25, 0.3) is 11.1 Å². The number of nitrogens with one attached hydrogen (secondary N) is 2. The SMILES string of the molecule is CNS(=O)(=O)Cc1cccc(Nc2c(C)c(=O)n(C)c3c2c(=O)n(C2CC2)c(=O)n3-c2ccc(I)cc2F)c1. The van der Waals surface area contributed by atoms with Gasteiger partial charge in [-0.1, -0.05) is 12.1 Å². The number of halogens is 2. The highest BCUT2D eigenvalue weighted by Gasteiger charge is 2.32. The lowest BCUT2D eigenvalue weighted by Crippen LogP contribution is -2.42. The van der Waals surface area contributed by atoms with Crippen molar-refractivity contribution in [1.82, 2.24) is 18.4 Å². The lowest BCUT2D eigenvalue weighted by Gasteiger charge is -2.21. The van der Waals surface area contributed by atoms with E-state index in [4.69, 9.17) is 0 Å². The number of sulfonamides is 1. The highest BCUT2D eigenvalue weighted by atomic mass is 127. The zero-order valence-corrected chi connectivity index (χ0v) is 24.3. The third kappa shape index (κ3) is 4.94. The van der Waals surface area contributed by atoms with Gasteiger partial charge in [0, 0.05) is 27.9 Å². The molecule has 0 bridgehead atoms. The molecule has 2 heterocycles. The Morgan fingerprint density at radius 2 is 1.79 bits per heavy atom. The third-order valence-electron chi connectivity index (χ3n) is 6.76. The highest BCUT2D eigenvalue weighted by molar-refractivity contribution is 14.1. The van der Waals surface area contributed by atoms with E-state index >= 15 is 4.39 Å². The molecule has 204 valence electrons. The van der Waals surface area contributed by atoms with Crippen LogP contribution in [0.4, 0.5) is 15.8 Å². The van der Waals surface area contributed by atoms with Gasteiger partial charge in [-0.2, -0.15) is 0 Å². The molecule has 1 aliphatic carbocycles. The van der Waals surface area contributed by atoms with Crippen molar-refractivity contribution in [2.75, 3.05) is 12.4 Å². The van der Waals surface area contributed by atoms with Gasteiger partial charge >= 0.3 is 5.69 Å². The van der Waals surface area contributed by atoms with Crippen LogP contribution in [-0.2, 0) is 22.8 Å². The number of aryl methyl sites for hydroxylation is 1. The smallest absolute Gasteiger partial charge is 0.337 e. The summed E-state index contributed by atoms with van der Waals surface area (Å²) < 4.78 is 45.7. The molecule has 1 aliphatic rings. The number of fused-ring (bicyclic) bond motifs is 1. The van der Waals surface area contributed by atoms with Gasteiger partial charge in [0.1, 0.15) is 16.9 Å². The van der Waals surface area contributed by atoms with E-state index in [9.17, 15) is 22.8 Å². The molecule has 39 heavy (non-hydrogen) atoms. The quantitative estimate of drug-likeness (QED) is 0.293. The van der Waals surface area contributed by atoms with Crippen molar-refractivity contribution in [2.24, 2.45) is 7.05 Å². The summed E-state index contributed by atoms with van der Waals surface area (Å²) in [5.41, 5.74) is -0.624. The summed E-state index contributed by atoms with van der Waals surface area (Å²) in [5, 5.41) is 3.17. The summed E-state index contributed by atoms with van der Waals surface area (Å²) in [6.07, 6.45) is 1.26. The number of nitrogens with zero attached hydrogens (tertiary/aromatic N) is 3. The standard InChI is InChI=1S/C26H25FIN5O5S/c1-14-22(30-17-6-4-5-15(11-17)13-39(37,38)29-2)21-23(31(3)24(14)34)33(20-10-7-16(28)12-19(20)27)26(36)32(25(21)35)18-8-9-18/h4-7,10-12,18,29-30H,8-9,13H2,1-3H3. The van der Waals surface area contributed by atoms with Crippen LogP contribution in [0.2, 0.25) is 0 Å². The first kappa shape index (κ1) is 27.3. The maximum Gasteiger partial charge on any atom is 0.337 e. The predicted molar refractivity (Wildman–Crippen MR) is 156 cm³/mol. The summed E-state index contributed by atoms with van der Waals surface area (Å²) in [5.74, 6) is -0.942. The summed E-state index contributed by atoms with van der Waals surface area (Å²) in [6, 6.07) is 10.6. The first-order chi connectivity index (χ1) is 18.4. The Morgan fingerprint density at radius 1 is 1.08 bits per heavy atom. The van der Waals surface area contributed by atoms with Gasteiger partial charge in [0.2, 0.25) is 10.0 Å². The van der Waals surface area contributed by atoms with Crippen LogP contribution >= 0.6 is 22.6 Å². The molecular formula is C26H25FIN5O5S. The zero-order valence-electron chi connectivity index (χ0n) is 21.3. The first-order valence-electron chi connectivity index (χ1n) is 12.1. The van der Waals surface area contributed by atoms with Crippen molar-refractivity contribution in [1.29, 1.82) is 0 Å². The van der Waals surface area contributed by atoms with Crippen molar-refractivity contribution in [3.63, 3.8) is 0 Å². The van der Waals surface area contributed by atoms with Gasteiger partial charge in [-0.25, -0.2) is 26.9 Å². The lowest BCUT2D eigenvalue weighted by molar-refractivity contribution is 0.587. The predicted octanol–water partition coefficient (Wildman–Crippen LogP) is 3.03. The summed E-state index contributed by atoms with van der Waals surface area (Å²) in [7, 11) is -0.775. The summed E-state index contributed by atoms with van der Waals surface area (Å²) in [6.45, 7) is 1.56. The Balaban J connectivity index is 1.83. The largest absolute Gasteiger partial charge is 0.354 e. The average Bonchev–Trinajstić information content (AvgIpc) is 3.71. The fourth-order valence-corrected chi connectivity index (χ4v) is 5.87. The molecule has 1 fully saturated rings. The molecule has 2 aromatic carbocycles. The first-order valence-corrected chi connectivity index (χ1v) is 14.8. The summed E-state index contributed by atoms with van der Waals surface area (Å²) >= 11 is 1.96. The van der Waals surface area contributed by atoms with Gasteiger partial charge in [-0.3, -0.25) is 18.7 Å². The maximum absolute atomic E-state index is 15.3. The zero-order chi connectivity index (χ0) is 28.2. The molecule has 13 heteroatoms. The van der Waals surface area contributed by atoms with E-state index < -0.39 is 32.6 Å². The molecule has 2 N–H and O–H groups in total. The van der Waals surface area contributed by atoms with E-state index in [0.717, 1.165) is 9.13 Å². The number of aromatic nitrogens is 3. The Morgan fingerprint density at radius 3 is 2.44 bits per heavy atom. The molecule has 10 nitrogen and oxygen atoms in total. The van der Waals surface area contributed by atoms with E-state index in [1.807, 2.05) is 22.6 Å². The number of hydrogen-bond donors (Lipinski definition) is 2. The average molecular weight is 665 g/mol. The minimum Gasteiger partial charge on any atom is -0.354 e. The van der Waals surface area contributed by atoms with Crippen LogP contribution in [0.5, 0.6) is 0 Å². The van der Waals surface area contributed by atoms with E-state index in [-0.39, 0.29) is 39.8 Å². The third-order valence-corrected chi connectivity index (χ3v) is 8.77. The lowest BCUT2D eigenvalue weighted by atomic mass is 10.1. The van der Waals surface area contributed by atoms with E-state index in [2.05, 4.69) is 10.0 Å². The molecule has 0 amide bonds. The number of anilines is 2. The van der Waals surface area contributed by atoms with Crippen LogP contribution in [0.3, 0.4) is 0 Å². The van der Waals surface area contributed by atoms with Gasteiger partial charge < -0.3 is 5.32 Å². The molecule has 0 radical (unpaired) electrons. The Bertz CT molecular complexity index is 1940. The Hall–Kier alpha value is -3.30. The van der Waals surface area contributed by atoms with Crippen molar-refractivity contribution in [2.45, 2.75) is 31.6 Å². The minimum atomic E-state index is -3.54. The Labute approximate surface area is 236 Å². The van der Waals surface area contributed by atoms with Crippen LogP contribution in [-0.4, -0.2) is 29.2 Å². The fraction of sp³-hybridized carbons (Fsp3) is 0.269. The monoisotopic (exact) mass is 665 g/mol. The van der Waals surface area contributed by atoms with Gasteiger partial charge in [-0.05, 0) is 85.3 Å². The normalized spacial score (nSPS) is 13.7. The van der Waals surface area contributed by atoms with Crippen LogP contribution in [0.15, 0.2) is 56.8 Å². The molecule has 0 spiro atoms. The second-order valence-electron chi connectivity index (χ2n) is 9.47. The molecule has 5 rings (SSSR count). The van der Waals surface area contributed by atoms with Crippen LogP contribution in [0.1, 0.15) is 30.0 Å². The second-order valence-corrected chi connectivity index (χ2v) is 12.6. The number of pyridine rings is 1. The van der Waals surface area contributed by atoms with E-state index in [0.29, 0.717) is 27.7 Å². The molecule has 0 unspecified atom stereocenters. The molecule has 4 aromatic rings.